The third kappa shape index (κ3) is 3.13. The number of benzene rings is 2. The highest BCUT2D eigenvalue weighted by Crippen LogP contribution is 2.40. The Bertz CT molecular complexity index is 805. The van der Waals surface area contributed by atoms with Crippen molar-refractivity contribution in [3.8, 4) is 17.2 Å². The fourth-order valence-electron chi connectivity index (χ4n) is 2.81. The number of para-hydroxylation sites is 1. The van der Waals surface area contributed by atoms with Gasteiger partial charge >= 0.3 is 0 Å². The largest absolute Gasteiger partial charge is 0.493 e. The van der Waals surface area contributed by atoms with Crippen molar-refractivity contribution in [1.29, 1.82) is 0 Å². The first-order chi connectivity index (χ1) is 11.6. The molecule has 0 fully saturated rings. The maximum absolute atomic E-state index is 11.8. The minimum Gasteiger partial charge on any atom is -0.493 e. The summed E-state index contributed by atoms with van der Waals surface area (Å²) < 4.78 is 16.7. The van der Waals surface area contributed by atoms with Crippen molar-refractivity contribution in [2.75, 3.05) is 13.4 Å². The maximum Gasteiger partial charge on any atom is 0.231 e. The quantitative estimate of drug-likeness (QED) is 0.775. The van der Waals surface area contributed by atoms with Gasteiger partial charge in [0.05, 0.1) is 6.61 Å². The number of hydrogen-bond acceptors (Lipinski definition) is 4. The number of ether oxygens (including phenoxy) is 3. The lowest BCUT2D eigenvalue weighted by atomic mass is 9.92. The first kappa shape index (κ1) is 16.1. The molecule has 0 bridgehead atoms. The van der Waals surface area contributed by atoms with E-state index in [1.807, 2.05) is 50.2 Å². The average Bonchev–Trinajstić information content (AvgIpc) is 3.00. The van der Waals surface area contributed by atoms with Crippen molar-refractivity contribution in [2.45, 2.75) is 20.8 Å². The van der Waals surface area contributed by atoms with Gasteiger partial charge in [0.25, 0.3) is 0 Å². The number of carbonyl (C=O) groups excluding carboxylic acids is 1. The molecule has 0 spiro atoms. The molecule has 0 N–H and O–H groups in total. The van der Waals surface area contributed by atoms with Gasteiger partial charge in [0, 0.05) is 5.56 Å². The van der Waals surface area contributed by atoms with Gasteiger partial charge in [-0.15, -0.1) is 0 Å². The van der Waals surface area contributed by atoms with Gasteiger partial charge in [-0.3, -0.25) is 4.79 Å². The van der Waals surface area contributed by atoms with Crippen molar-refractivity contribution in [3.05, 3.63) is 59.2 Å². The molecule has 1 heterocycles. The van der Waals surface area contributed by atoms with Gasteiger partial charge in [-0.2, -0.15) is 0 Å². The normalized spacial score (nSPS) is 13.0. The molecule has 0 radical (unpaired) electrons. The van der Waals surface area contributed by atoms with Crippen LogP contribution in [-0.2, 0) is 4.79 Å². The van der Waals surface area contributed by atoms with Crippen molar-refractivity contribution in [1.82, 2.24) is 0 Å². The number of aryl methyl sites for hydroxylation is 1. The van der Waals surface area contributed by atoms with Crippen molar-refractivity contribution in [2.24, 2.45) is 0 Å². The van der Waals surface area contributed by atoms with Crippen LogP contribution in [0.5, 0.6) is 17.2 Å². The third-order valence-corrected chi connectivity index (χ3v) is 3.83. The van der Waals surface area contributed by atoms with Crippen LogP contribution in [0.1, 0.15) is 30.5 Å². The van der Waals surface area contributed by atoms with Gasteiger partial charge in [-0.05, 0) is 61.7 Å². The van der Waals surface area contributed by atoms with E-state index >= 15 is 0 Å². The fraction of sp³-hybridized carbons (Fsp3) is 0.250. The van der Waals surface area contributed by atoms with E-state index in [0.717, 1.165) is 33.8 Å². The molecule has 0 atom stereocenters. The first-order valence-electron chi connectivity index (χ1n) is 7.95. The van der Waals surface area contributed by atoms with Crippen LogP contribution >= 0.6 is 0 Å². The van der Waals surface area contributed by atoms with Crippen LogP contribution in [0.4, 0.5) is 0 Å². The second kappa shape index (κ2) is 6.79. The third-order valence-electron chi connectivity index (χ3n) is 3.83. The number of allylic oxidation sites excluding steroid dienone is 1. The summed E-state index contributed by atoms with van der Waals surface area (Å²) in [6.45, 7) is 6.27. The van der Waals surface area contributed by atoms with Gasteiger partial charge in [0.2, 0.25) is 6.79 Å². The van der Waals surface area contributed by atoms with E-state index in [-0.39, 0.29) is 12.6 Å². The molecule has 0 aliphatic carbocycles. The zero-order valence-corrected chi connectivity index (χ0v) is 14.1. The van der Waals surface area contributed by atoms with Gasteiger partial charge in [-0.1, -0.05) is 18.2 Å². The molecular weight excluding hydrogens is 304 g/mol. The second-order valence-electron chi connectivity index (χ2n) is 5.62. The van der Waals surface area contributed by atoms with E-state index < -0.39 is 0 Å². The maximum atomic E-state index is 11.8. The van der Waals surface area contributed by atoms with Crippen LogP contribution in [0.15, 0.2) is 42.5 Å². The molecule has 4 heteroatoms. The molecule has 1 aliphatic rings. The van der Waals surface area contributed by atoms with Gasteiger partial charge in [0.15, 0.2) is 17.3 Å². The van der Waals surface area contributed by atoms with Crippen LogP contribution < -0.4 is 14.2 Å². The lowest BCUT2D eigenvalue weighted by Gasteiger charge is -2.16. The summed E-state index contributed by atoms with van der Waals surface area (Å²) in [7, 11) is 0. The Morgan fingerprint density at radius 3 is 2.58 bits per heavy atom. The molecule has 124 valence electrons. The molecule has 4 nitrogen and oxygen atoms in total. The van der Waals surface area contributed by atoms with Gasteiger partial charge in [0.1, 0.15) is 5.75 Å². The van der Waals surface area contributed by atoms with Crippen LogP contribution in [0.3, 0.4) is 0 Å². The summed E-state index contributed by atoms with van der Waals surface area (Å²) in [4.78, 5) is 11.8. The molecule has 0 aromatic heterocycles. The summed E-state index contributed by atoms with van der Waals surface area (Å²) in [6.07, 6.45) is 1.64. The molecule has 1 aliphatic heterocycles. The molecule has 24 heavy (non-hydrogen) atoms. The van der Waals surface area contributed by atoms with Crippen molar-refractivity contribution >= 4 is 11.4 Å². The molecule has 2 aromatic rings. The van der Waals surface area contributed by atoms with Crippen LogP contribution in [-0.4, -0.2) is 19.2 Å². The average molecular weight is 324 g/mol. The Kier molecular flexibility index (Phi) is 4.56. The van der Waals surface area contributed by atoms with Crippen LogP contribution in [0.2, 0.25) is 0 Å². The molecule has 3 rings (SSSR count). The Balaban J connectivity index is 2.18. The Morgan fingerprint density at radius 2 is 1.88 bits per heavy atom. The predicted molar refractivity (Wildman–Crippen MR) is 92.7 cm³/mol. The minimum atomic E-state index is -0.0200. The molecule has 0 unspecified atom stereocenters. The molecular formula is C20H20O4. The summed E-state index contributed by atoms with van der Waals surface area (Å²) in [5.74, 6) is 2.16. The zero-order chi connectivity index (χ0) is 17.1. The molecule has 0 amide bonds. The second-order valence-corrected chi connectivity index (χ2v) is 5.62. The molecule has 0 saturated carbocycles. The van der Waals surface area contributed by atoms with E-state index in [1.165, 1.54) is 0 Å². The zero-order valence-electron chi connectivity index (χ0n) is 14.1. The highest BCUT2D eigenvalue weighted by atomic mass is 16.7. The lowest BCUT2D eigenvalue weighted by molar-refractivity contribution is -0.112. The summed E-state index contributed by atoms with van der Waals surface area (Å²) >= 11 is 0. The Morgan fingerprint density at radius 1 is 1.17 bits per heavy atom. The van der Waals surface area contributed by atoms with Crippen LogP contribution in [0, 0.1) is 6.92 Å². The topological polar surface area (TPSA) is 44.8 Å². The van der Waals surface area contributed by atoms with Gasteiger partial charge < -0.3 is 14.2 Å². The standard InChI is InChI=1S/C20H20O4/c1-4-22-18-8-6-5-7-15(18)17(10-14(3)21)16-11-20-19(9-13(16)2)23-12-24-20/h5-11H,4,12H2,1-3H3/b17-10-. The van der Waals surface area contributed by atoms with Gasteiger partial charge in [-0.25, -0.2) is 0 Å². The SMILES string of the molecule is CCOc1ccccc1/C(=C/C(C)=O)c1cc2c(cc1C)OCO2. The lowest BCUT2D eigenvalue weighted by Crippen LogP contribution is -2.00. The van der Waals surface area contributed by atoms with Crippen molar-refractivity contribution < 1.29 is 19.0 Å². The van der Waals surface area contributed by atoms with E-state index in [2.05, 4.69) is 0 Å². The minimum absolute atomic E-state index is 0.0200. The van der Waals surface area contributed by atoms with E-state index in [9.17, 15) is 4.79 Å². The number of fused-ring (bicyclic) bond motifs is 1. The number of carbonyl (C=O) groups is 1. The Labute approximate surface area is 141 Å². The van der Waals surface area contributed by atoms with Crippen molar-refractivity contribution in [3.63, 3.8) is 0 Å². The summed E-state index contributed by atoms with van der Waals surface area (Å²) in [5.41, 5.74) is 3.65. The number of ketones is 1. The van der Waals surface area contributed by atoms with Crippen LogP contribution in [0.25, 0.3) is 5.57 Å². The monoisotopic (exact) mass is 324 g/mol. The number of hydrogen-bond donors (Lipinski definition) is 0. The smallest absolute Gasteiger partial charge is 0.231 e. The fourth-order valence-corrected chi connectivity index (χ4v) is 2.81. The number of rotatable bonds is 5. The van der Waals surface area contributed by atoms with E-state index in [0.29, 0.717) is 12.4 Å². The highest BCUT2D eigenvalue weighted by Gasteiger charge is 2.20. The summed E-state index contributed by atoms with van der Waals surface area (Å²) in [6, 6.07) is 11.6. The van der Waals surface area contributed by atoms with E-state index in [1.54, 1.807) is 13.0 Å². The van der Waals surface area contributed by atoms with E-state index in [4.69, 9.17) is 14.2 Å². The Hall–Kier alpha value is -2.75. The highest BCUT2D eigenvalue weighted by molar-refractivity contribution is 6.00. The summed E-state index contributed by atoms with van der Waals surface area (Å²) in [5, 5.41) is 0. The molecule has 2 aromatic carbocycles. The first-order valence-corrected chi connectivity index (χ1v) is 7.95. The molecule has 0 saturated heterocycles. The predicted octanol–water partition coefficient (Wildman–Crippen LogP) is 4.14.